The Balaban J connectivity index is 1.88. The molecule has 0 saturated heterocycles. The van der Waals surface area contributed by atoms with E-state index < -0.39 is 5.15 Å². The smallest absolute Gasteiger partial charge is 0.206 e. The van der Waals surface area contributed by atoms with E-state index in [2.05, 4.69) is 44.4 Å². The zero-order valence-corrected chi connectivity index (χ0v) is 13.8. The van der Waals surface area contributed by atoms with E-state index in [1.54, 1.807) is 12.1 Å². The number of benzene rings is 2. The molecule has 0 radical (unpaired) electrons. The second-order valence-corrected chi connectivity index (χ2v) is 7.10. The van der Waals surface area contributed by atoms with Gasteiger partial charge in [-0.3, -0.25) is 0 Å². The fourth-order valence-electron chi connectivity index (χ4n) is 2.03. The molecule has 0 bridgehead atoms. The third kappa shape index (κ3) is 3.29. The van der Waals surface area contributed by atoms with Crippen molar-refractivity contribution in [2.45, 2.75) is 5.15 Å². The number of nitrogens with zero attached hydrogens (tertiary/aromatic N) is 3. The molecule has 22 heavy (non-hydrogen) atoms. The zero-order valence-electron chi connectivity index (χ0n) is 11.5. The molecule has 2 atom stereocenters. The molecule has 2 N–H and O–H groups in total. The van der Waals surface area contributed by atoms with Gasteiger partial charge in [0.1, 0.15) is 0 Å². The van der Waals surface area contributed by atoms with Crippen molar-refractivity contribution >= 4 is 29.9 Å². The van der Waals surface area contributed by atoms with E-state index in [4.69, 9.17) is 0 Å². The lowest BCUT2D eigenvalue weighted by Crippen LogP contribution is -2.00. The summed E-state index contributed by atoms with van der Waals surface area (Å²) in [5, 5.41) is 15.8. The number of anilines is 2. The van der Waals surface area contributed by atoms with Crippen LogP contribution in [0.5, 0.6) is 0 Å². The van der Waals surface area contributed by atoms with Crippen LogP contribution >= 0.6 is 18.5 Å². The summed E-state index contributed by atoms with van der Waals surface area (Å²) < 4.78 is 13.8. The van der Waals surface area contributed by atoms with Crippen molar-refractivity contribution in [3.8, 4) is 11.4 Å². The molecule has 3 aromatic rings. The lowest BCUT2D eigenvalue weighted by molar-refractivity contribution is 0.423. The van der Waals surface area contributed by atoms with Crippen molar-refractivity contribution in [1.29, 1.82) is 0 Å². The SMILES string of the molecule is FC(P)(P)c1ccc(Nc2ccccc2-c2nn[nH]n2)cc1. The Hall–Kier alpha value is -1.90. The van der Waals surface area contributed by atoms with E-state index in [1.807, 2.05) is 36.4 Å². The van der Waals surface area contributed by atoms with Gasteiger partial charge in [0, 0.05) is 16.9 Å². The van der Waals surface area contributed by atoms with Gasteiger partial charge in [-0.05, 0) is 35.0 Å². The minimum atomic E-state index is -1.51. The molecule has 0 aliphatic rings. The number of hydrogen-bond acceptors (Lipinski definition) is 4. The van der Waals surface area contributed by atoms with Crippen LogP contribution in [0.2, 0.25) is 0 Å². The molecule has 0 aliphatic carbocycles. The molecule has 8 heteroatoms. The number of nitrogens with one attached hydrogen (secondary N) is 2. The highest BCUT2D eigenvalue weighted by Crippen LogP contribution is 2.40. The van der Waals surface area contributed by atoms with E-state index in [-0.39, 0.29) is 0 Å². The quantitative estimate of drug-likeness (QED) is 0.718. The fourth-order valence-corrected chi connectivity index (χ4v) is 2.41. The Morgan fingerprint density at radius 1 is 1.05 bits per heavy atom. The van der Waals surface area contributed by atoms with Gasteiger partial charge in [0.2, 0.25) is 5.82 Å². The highest BCUT2D eigenvalue weighted by Gasteiger charge is 2.18. The summed E-state index contributed by atoms with van der Waals surface area (Å²) in [5.41, 5.74) is 3.09. The first-order valence-electron chi connectivity index (χ1n) is 6.51. The van der Waals surface area contributed by atoms with Crippen LogP contribution in [-0.2, 0) is 5.15 Å². The molecule has 0 amide bonds. The normalized spacial score (nSPS) is 11.4. The molecule has 112 valence electrons. The van der Waals surface area contributed by atoms with Gasteiger partial charge in [-0.25, -0.2) is 4.39 Å². The van der Waals surface area contributed by atoms with Gasteiger partial charge in [-0.15, -0.1) is 10.2 Å². The zero-order chi connectivity index (χ0) is 15.6. The fraction of sp³-hybridized carbons (Fsp3) is 0.0714. The van der Waals surface area contributed by atoms with Crippen LogP contribution in [0.1, 0.15) is 5.56 Å². The predicted octanol–water partition coefficient (Wildman–Crippen LogP) is 3.44. The Morgan fingerprint density at radius 3 is 2.41 bits per heavy atom. The topological polar surface area (TPSA) is 66.5 Å². The summed E-state index contributed by atoms with van der Waals surface area (Å²) in [6.07, 6.45) is 0. The van der Waals surface area contributed by atoms with Crippen LogP contribution in [0, 0.1) is 0 Å². The average molecular weight is 333 g/mol. The lowest BCUT2D eigenvalue weighted by Gasteiger charge is -2.15. The first-order valence-corrected chi connectivity index (χ1v) is 7.66. The van der Waals surface area contributed by atoms with Gasteiger partial charge in [-0.1, -0.05) is 42.7 Å². The second kappa shape index (κ2) is 6.07. The number of para-hydroxylation sites is 1. The molecule has 5 nitrogen and oxygen atoms in total. The molecule has 1 heterocycles. The minimum absolute atomic E-state index is 0.511. The van der Waals surface area contributed by atoms with Gasteiger partial charge in [-0.2, -0.15) is 5.21 Å². The Kier molecular flexibility index (Phi) is 4.14. The molecule has 0 aliphatic heterocycles. The van der Waals surface area contributed by atoms with Crippen LogP contribution in [0.25, 0.3) is 11.4 Å². The molecule has 0 spiro atoms. The van der Waals surface area contributed by atoms with Crippen molar-refractivity contribution < 1.29 is 4.39 Å². The van der Waals surface area contributed by atoms with Crippen molar-refractivity contribution in [2.24, 2.45) is 0 Å². The second-order valence-electron chi connectivity index (χ2n) is 4.75. The summed E-state index contributed by atoms with van der Waals surface area (Å²) in [4.78, 5) is 0. The summed E-state index contributed by atoms with van der Waals surface area (Å²) in [6.45, 7) is 0. The highest BCUT2D eigenvalue weighted by molar-refractivity contribution is 7.38. The van der Waals surface area contributed by atoms with Gasteiger partial charge >= 0.3 is 0 Å². The molecular formula is C14H14FN5P2. The van der Waals surface area contributed by atoms with Crippen LogP contribution in [-0.4, -0.2) is 20.6 Å². The lowest BCUT2D eigenvalue weighted by atomic mass is 10.1. The predicted molar refractivity (Wildman–Crippen MR) is 91.5 cm³/mol. The molecule has 0 saturated carbocycles. The highest BCUT2D eigenvalue weighted by atomic mass is 31.1. The first-order chi connectivity index (χ1) is 10.5. The van der Waals surface area contributed by atoms with Crippen molar-refractivity contribution in [1.82, 2.24) is 20.6 Å². The maximum absolute atomic E-state index is 13.8. The number of halogens is 1. The third-order valence-electron chi connectivity index (χ3n) is 3.12. The number of alkyl halides is 1. The van der Waals surface area contributed by atoms with E-state index in [0.29, 0.717) is 11.4 Å². The minimum Gasteiger partial charge on any atom is -0.355 e. The van der Waals surface area contributed by atoms with Crippen LogP contribution in [0.4, 0.5) is 15.8 Å². The molecule has 2 aromatic carbocycles. The maximum Gasteiger partial charge on any atom is 0.206 e. The molecular weight excluding hydrogens is 319 g/mol. The summed E-state index contributed by atoms with van der Waals surface area (Å²) in [6, 6.07) is 14.8. The largest absolute Gasteiger partial charge is 0.355 e. The van der Waals surface area contributed by atoms with Crippen LogP contribution < -0.4 is 5.32 Å². The van der Waals surface area contributed by atoms with Gasteiger partial charge in [0.15, 0.2) is 5.15 Å². The van der Waals surface area contributed by atoms with E-state index >= 15 is 0 Å². The Morgan fingerprint density at radius 2 is 1.77 bits per heavy atom. The Bertz CT molecular complexity index is 754. The van der Waals surface area contributed by atoms with Gasteiger partial charge < -0.3 is 5.32 Å². The van der Waals surface area contributed by atoms with E-state index in [9.17, 15) is 4.39 Å². The number of hydrogen-bond donors (Lipinski definition) is 2. The third-order valence-corrected chi connectivity index (χ3v) is 3.79. The summed E-state index contributed by atoms with van der Waals surface area (Å²) in [5.74, 6) is 0.511. The average Bonchev–Trinajstić information content (AvgIpc) is 3.01. The summed E-state index contributed by atoms with van der Waals surface area (Å²) in [7, 11) is 4.31. The summed E-state index contributed by atoms with van der Waals surface area (Å²) >= 11 is 0. The monoisotopic (exact) mass is 333 g/mol. The number of aromatic amines is 1. The van der Waals surface area contributed by atoms with Gasteiger partial charge in [0.25, 0.3) is 0 Å². The van der Waals surface area contributed by atoms with Crippen LogP contribution in [0.3, 0.4) is 0 Å². The molecule has 2 unspecified atom stereocenters. The van der Waals surface area contributed by atoms with Crippen molar-refractivity contribution in [2.75, 3.05) is 5.32 Å². The number of rotatable bonds is 4. The molecule has 3 rings (SSSR count). The first kappa shape index (κ1) is 15.0. The van der Waals surface area contributed by atoms with E-state index in [0.717, 1.165) is 16.9 Å². The Labute approximate surface area is 131 Å². The van der Waals surface area contributed by atoms with Gasteiger partial charge in [0.05, 0.1) is 0 Å². The van der Waals surface area contributed by atoms with Crippen molar-refractivity contribution in [3.05, 3.63) is 54.1 Å². The number of tetrazole rings is 1. The van der Waals surface area contributed by atoms with Crippen molar-refractivity contribution in [3.63, 3.8) is 0 Å². The molecule has 1 aromatic heterocycles. The van der Waals surface area contributed by atoms with E-state index in [1.165, 1.54) is 0 Å². The molecule has 0 fully saturated rings. The maximum atomic E-state index is 13.8. The number of aromatic nitrogens is 4. The van der Waals surface area contributed by atoms with Crippen LogP contribution in [0.15, 0.2) is 48.5 Å². The standard InChI is InChI=1S/C14H14FN5P2/c15-14(21,22)9-5-7-10(8-6-9)16-12-4-2-1-3-11(12)13-17-19-20-18-13/h1-8,16H,21-22H2,(H,17,18,19,20). The number of H-pyrrole nitrogens is 1.